The summed E-state index contributed by atoms with van der Waals surface area (Å²) in [7, 11) is 1.61. The van der Waals surface area contributed by atoms with Gasteiger partial charge in [0.05, 0.1) is 11.0 Å². The maximum Gasteiger partial charge on any atom is 0.416 e. The van der Waals surface area contributed by atoms with Crippen molar-refractivity contribution < 1.29 is 18.0 Å². The second-order valence-electron chi connectivity index (χ2n) is 7.16. The molecule has 1 unspecified atom stereocenters. The van der Waals surface area contributed by atoms with Gasteiger partial charge in [-0.2, -0.15) is 13.2 Å². The van der Waals surface area contributed by atoms with E-state index in [2.05, 4.69) is 0 Å². The van der Waals surface area contributed by atoms with Gasteiger partial charge in [0, 0.05) is 12.7 Å². The predicted molar refractivity (Wildman–Crippen MR) is 76.3 cm³/mol. The van der Waals surface area contributed by atoms with Gasteiger partial charge in [0.2, 0.25) is 5.91 Å². The highest BCUT2D eigenvalue weighted by molar-refractivity contribution is 6.07. The summed E-state index contributed by atoms with van der Waals surface area (Å²) in [6.07, 6.45) is -3.90. The fourth-order valence-corrected chi connectivity index (χ4v) is 3.27. The molecule has 0 saturated carbocycles. The van der Waals surface area contributed by atoms with Crippen LogP contribution in [-0.4, -0.2) is 13.0 Å². The Bertz CT molecular complexity index is 586. The summed E-state index contributed by atoms with van der Waals surface area (Å²) in [5.74, 6) is -0.147. The molecule has 0 spiro atoms. The van der Waals surface area contributed by atoms with Crippen molar-refractivity contribution in [1.29, 1.82) is 0 Å². The molecular formula is C16H20F3NO. The molecule has 0 saturated heterocycles. The third-order valence-corrected chi connectivity index (χ3v) is 3.94. The second-order valence-corrected chi connectivity index (χ2v) is 7.16. The first-order valence-electron chi connectivity index (χ1n) is 6.86. The maximum atomic E-state index is 12.9. The lowest BCUT2D eigenvalue weighted by Gasteiger charge is -2.31. The van der Waals surface area contributed by atoms with E-state index in [-0.39, 0.29) is 11.3 Å². The first-order chi connectivity index (χ1) is 9.36. The quantitative estimate of drug-likeness (QED) is 0.754. The van der Waals surface area contributed by atoms with Crippen LogP contribution in [0.3, 0.4) is 0 Å². The number of benzene rings is 1. The van der Waals surface area contributed by atoms with Crippen molar-refractivity contribution in [3.63, 3.8) is 0 Å². The number of hydrogen-bond donors (Lipinski definition) is 0. The van der Waals surface area contributed by atoms with Crippen LogP contribution < -0.4 is 4.90 Å². The Labute approximate surface area is 122 Å². The largest absolute Gasteiger partial charge is 0.416 e. The highest BCUT2D eigenvalue weighted by Gasteiger charge is 2.48. The molecule has 1 aliphatic rings. The predicted octanol–water partition coefficient (Wildman–Crippen LogP) is 4.38. The van der Waals surface area contributed by atoms with Crippen molar-refractivity contribution in [2.75, 3.05) is 11.9 Å². The van der Waals surface area contributed by atoms with E-state index in [4.69, 9.17) is 0 Å². The average Bonchev–Trinajstić information content (AvgIpc) is 2.48. The maximum absolute atomic E-state index is 12.9. The van der Waals surface area contributed by atoms with Gasteiger partial charge in [0.1, 0.15) is 0 Å². The molecule has 1 atom stereocenters. The molecule has 0 aromatic heterocycles. The Balaban J connectivity index is 2.60. The van der Waals surface area contributed by atoms with E-state index in [9.17, 15) is 18.0 Å². The molecule has 1 aromatic rings. The standard InChI is InChI=1S/C16H20F3NO/c1-14(2,3)9-15(4)11-8-10(16(17,18)19)6-7-12(11)20(5)13(15)21/h6-8H,9H2,1-5H3. The van der Waals surface area contributed by atoms with Crippen LogP contribution in [0.1, 0.15) is 45.2 Å². The molecule has 5 heteroatoms. The van der Waals surface area contributed by atoms with Crippen molar-refractivity contribution in [2.24, 2.45) is 5.41 Å². The number of rotatable bonds is 1. The number of nitrogens with zero attached hydrogens (tertiary/aromatic N) is 1. The van der Waals surface area contributed by atoms with E-state index in [1.807, 2.05) is 20.8 Å². The minimum Gasteiger partial charge on any atom is -0.314 e. The fraction of sp³-hybridized carbons (Fsp3) is 0.562. The summed E-state index contributed by atoms with van der Waals surface area (Å²) >= 11 is 0. The van der Waals surface area contributed by atoms with Crippen LogP contribution >= 0.6 is 0 Å². The van der Waals surface area contributed by atoms with Gasteiger partial charge in [-0.15, -0.1) is 0 Å². The molecule has 0 radical (unpaired) electrons. The Morgan fingerprint density at radius 2 is 1.76 bits per heavy atom. The molecule has 1 amide bonds. The van der Waals surface area contributed by atoms with Gasteiger partial charge in [0.15, 0.2) is 0 Å². The number of anilines is 1. The van der Waals surface area contributed by atoms with E-state index >= 15 is 0 Å². The summed E-state index contributed by atoms with van der Waals surface area (Å²) in [6, 6.07) is 3.55. The number of alkyl halides is 3. The van der Waals surface area contributed by atoms with Crippen molar-refractivity contribution in [3.8, 4) is 0 Å². The van der Waals surface area contributed by atoms with E-state index in [1.165, 1.54) is 11.0 Å². The molecule has 0 bridgehead atoms. The summed E-state index contributed by atoms with van der Waals surface area (Å²) < 4.78 is 38.8. The molecule has 2 nitrogen and oxygen atoms in total. The molecule has 21 heavy (non-hydrogen) atoms. The number of carbonyl (C=O) groups is 1. The van der Waals surface area contributed by atoms with E-state index in [0.717, 1.165) is 12.1 Å². The summed E-state index contributed by atoms with van der Waals surface area (Å²) in [5, 5.41) is 0. The first kappa shape index (κ1) is 15.9. The summed E-state index contributed by atoms with van der Waals surface area (Å²) in [6.45, 7) is 7.69. The third kappa shape index (κ3) is 2.65. The van der Waals surface area contributed by atoms with Crippen LogP contribution in [0.15, 0.2) is 18.2 Å². The van der Waals surface area contributed by atoms with Crippen LogP contribution in [0.4, 0.5) is 18.9 Å². The lowest BCUT2D eigenvalue weighted by Crippen LogP contribution is -2.39. The summed E-state index contributed by atoms with van der Waals surface area (Å²) in [5.41, 5.74) is -0.742. The zero-order valence-electron chi connectivity index (χ0n) is 12.9. The molecule has 2 rings (SSSR count). The van der Waals surface area contributed by atoms with Crippen LogP contribution in [0, 0.1) is 5.41 Å². The molecule has 0 aliphatic carbocycles. The smallest absolute Gasteiger partial charge is 0.314 e. The van der Waals surface area contributed by atoms with Crippen molar-refractivity contribution in [1.82, 2.24) is 0 Å². The van der Waals surface area contributed by atoms with Crippen molar-refractivity contribution >= 4 is 11.6 Å². The van der Waals surface area contributed by atoms with Crippen LogP contribution in [0.5, 0.6) is 0 Å². The van der Waals surface area contributed by atoms with Crippen LogP contribution in [0.25, 0.3) is 0 Å². The van der Waals surface area contributed by atoms with Gasteiger partial charge in [-0.3, -0.25) is 4.79 Å². The average molecular weight is 299 g/mol. The Morgan fingerprint density at radius 3 is 2.24 bits per heavy atom. The molecular weight excluding hydrogens is 279 g/mol. The van der Waals surface area contributed by atoms with Crippen LogP contribution in [0.2, 0.25) is 0 Å². The number of carbonyl (C=O) groups excluding carboxylic acids is 1. The van der Waals surface area contributed by atoms with Gasteiger partial charge >= 0.3 is 6.18 Å². The normalized spacial score (nSPS) is 22.7. The lowest BCUT2D eigenvalue weighted by molar-refractivity contribution is -0.137. The van der Waals surface area contributed by atoms with Gasteiger partial charge in [-0.1, -0.05) is 20.8 Å². The summed E-state index contributed by atoms with van der Waals surface area (Å²) in [4.78, 5) is 14.0. The Kier molecular flexibility index (Phi) is 3.39. The van der Waals surface area contributed by atoms with Gasteiger partial charge in [-0.25, -0.2) is 0 Å². The number of halogens is 3. The number of fused-ring (bicyclic) bond motifs is 1. The number of hydrogen-bond acceptors (Lipinski definition) is 1. The monoisotopic (exact) mass is 299 g/mol. The van der Waals surface area contributed by atoms with Crippen molar-refractivity contribution in [3.05, 3.63) is 29.3 Å². The van der Waals surface area contributed by atoms with E-state index in [0.29, 0.717) is 17.7 Å². The van der Waals surface area contributed by atoms with Crippen LogP contribution in [-0.2, 0) is 16.4 Å². The molecule has 1 aromatic carbocycles. The molecule has 116 valence electrons. The first-order valence-corrected chi connectivity index (χ1v) is 6.86. The highest BCUT2D eigenvalue weighted by Crippen LogP contribution is 2.48. The number of likely N-dealkylation sites (N-methyl/N-ethyl adjacent to an activating group) is 1. The van der Waals surface area contributed by atoms with E-state index in [1.54, 1.807) is 14.0 Å². The van der Waals surface area contributed by atoms with Gasteiger partial charge in [-0.05, 0) is 42.5 Å². The molecule has 1 aliphatic heterocycles. The minimum absolute atomic E-state index is 0.147. The topological polar surface area (TPSA) is 20.3 Å². The Morgan fingerprint density at radius 1 is 1.19 bits per heavy atom. The van der Waals surface area contributed by atoms with Gasteiger partial charge in [0.25, 0.3) is 0 Å². The second kappa shape index (κ2) is 4.49. The Hall–Kier alpha value is -1.52. The minimum atomic E-state index is -4.40. The van der Waals surface area contributed by atoms with E-state index < -0.39 is 17.2 Å². The molecule has 0 fully saturated rings. The highest BCUT2D eigenvalue weighted by atomic mass is 19.4. The lowest BCUT2D eigenvalue weighted by atomic mass is 9.71. The van der Waals surface area contributed by atoms with Gasteiger partial charge < -0.3 is 4.90 Å². The number of amides is 1. The third-order valence-electron chi connectivity index (χ3n) is 3.94. The zero-order valence-corrected chi connectivity index (χ0v) is 12.9. The molecule has 1 heterocycles. The molecule has 0 N–H and O–H groups in total. The zero-order chi connectivity index (χ0) is 16.2. The SMILES string of the molecule is CN1C(=O)C(C)(CC(C)(C)C)c2cc(C(F)(F)F)ccc21. The fourth-order valence-electron chi connectivity index (χ4n) is 3.27. The van der Waals surface area contributed by atoms with Crippen molar-refractivity contribution in [2.45, 2.75) is 45.7 Å².